The molecule has 1 N–H and O–H groups in total. The Bertz CT molecular complexity index is 844. The molecule has 0 atom stereocenters. The lowest BCUT2D eigenvalue weighted by Crippen LogP contribution is -2.39. The maximum absolute atomic E-state index is 12.8. The van der Waals surface area contributed by atoms with Gasteiger partial charge in [0.05, 0.1) is 11.4 Å². The summed E-state index contributed by atoms with van der Waals surface area (Å²) in [7, 11) is -3.77. The molecule has 1 aromatic carbocycles. The van der Waals surface area contributed by atoms with E-state index < -0.39 is 15.9 Å². The number of nitrogens with zero attached hydrogens (tertiary/aromatic N) is 2. The van der Waals surface area contributed by atoms with Crippen LogP contribution in [0.5, 0.6) is 0 Å². The van der Waals surface area contributed by atoms with Crippen LogP contribution in [-0.2, 0) is 14.8 Å². The standard InChI is InChI=1S/C15H16ClN3O4S/c1-10-8-14(18-23-10)17-15(20)9-19(12-4-5-12)24(21,22)13-6-2-11(16)3-7-13/h2-3,6-8,12H,4-5,9H2,1H3,(H,17,18,20). The van der Waals surface area contributed by atoms with Crippen molar-refractivity contribution in [3.63, 3.8) is 0 Å². The molecule has 0 unspecified atom stereocenters. The van der Waals surface area contributed by atoms with E-state index in [9.17, 15) is 13.2 Å². The lowest BCUT2D eigenvalue weighted by Gasteiger charge is -2.21. The highest BCUT2D eigenvalue weighted by molar-refractivity contribution is 7.89. The molecule has 1 amide bonds. The highest BCUT2D eigenvalue weighted by Crippen LogP contribution is 2.32. The molecule has 0 radical (unpaired) electrons. The van der Waals surface area contributed by atoms with Gasteiger partial charge in [-0.2, -0.15) is 4.31 Å². The molecule has 1 saturated carbocycles. The molecule has 128 valence electrons. The van der Waals surface area contributed by atoms with Gasteiger partial charge < -0.3 is 9.84 Å². The largest absolute Gasteiger partial charge is 0.360 e. The fourth-order valence-corrected chi connectivity index (χ4v) is 4.03. The van der Waals surface area contributed by atoms with E-state index in [1.807, 2.05) is 0 Å². The van der Waals surface area contributed by atoms with E-state index in [1.54, 1.807) is 13.0 Å². The molecule has 0 bridgehead atoms. The Kier molecular flexibility index (Phi) is 4.62. The highest BCUT2D eigenvalue weighted by Gasteiger charge is 2.39. The van der Waals surface area contributed by atoms with Gasteiger partial charge in [0.1, 0.15) is 5.76 Å². The first-order valence-corrected chi connectivity index (χ1v) is 9.18. The Morgan fingerprint density at radius 2 is 2.04 bits per heavy atom. The minimum Gasteiger partial charge on any atom is -0.360 e. The van der Waals surface area contributed by atoms with Crippen LogP contribution < -0.4 is 5.32 Å². The number of benzene rings is 1. The van der Waals surface area contributed by atoms with E-state index in [0.717, 1.165) is 12.8 Å². The van der Waals surface area contributed by atoms with Gasteiger partial charge in [0.25, 0.3) is 0 Å². The van der Waals surface area contributed by atoms with Gasteiger partial charge in [0, 0.05) is 17.1 Å². The smallest absolute Gasteiger partial charge is 0.243 e. The topological polar surface area (TPSA) is 92.5 Å². The van der Waals surface area contributed by atoms with Crippen molar-refractivity contribution in [3.05, 3.63) is 41.1 Å². The highest BCUT2D eigenvalue weighted by atomic mass is 35.5. The molecule has 1 aromatic heterocycles. The Labute approximate surface area is 144 Å². The van der Waals surface area contributed by atoms with Crippen molar-refractivity contribution in [3.8, 4) is 0 Å². The molecule has 3 rings (SSSR count). The summed E-state index contributed by atoms with van der Waals surface area (Å²) in [6.07, 6.45) is 1.48. The summed E-state index contributed by atoms with van der Waals surface area (Å²) in [6, 6.07) is 7.30. The summed E-state index contributed by atoms with van der Waals surface area (Å²) >= 11 is 5.80. The van der Waals surface area contributed by atoms with Crippen molar-refractivity contribution in [2.45, 2.75) is 30.7 Å². The lowest BCUT2D eigenvalue weighted by molar-refractivity contribution is -0.116. The molecule has 24 heavy (non-hydrogen) atoms. The molecular weight excluding hydrogens is 354 g/mol. The van der Waals surface area contributed by atoms with Gasteiger partial charge in [-0.25, -0.2) is 8.42 Å². The first kappa shape index (κ1) is 16.9. The molecule has 1 aliphatic rings. The van der Waals surface area contributed by atoms with Crippen LogP contribution in [-0.4, -0.2) is 36.4 Å². The summed E-state index contributed by atoms with van der Waals surface area (Å²) in [5.41, 5.74) is 0. The third-order valence-electron chi connectivity index (χ3n) is 3.57. The zero-order valence-corrected chi connectivity index (χ0v) is 14.5. The van der Waals surface area contributed by atoms with E-state index >= 15 is 0 Å². The zero-order valence-electron chi connectivity index (χ0n) is 12.9. The minimum absolute atomic E-state index is 0.115. The maximum atomic E-state index is 12.8. The summed E-state index contributed by atoms with van der Waals surface area (Å²) < 4.78 is 31.7. The van der Waals surface area contributed by atoms with Crippen LogP contribution in [0.3, 0.4) is 0 Å². The van der Waals surface area contributed by atoms with E-state index in [-0.39, 0.29) is 23.3 Å². The molecule has 2 aromatic rings. The molecule has 1 fully saturated rings. The second kappa shape index (κ2) is 6.54. The second-order valence-electron chi connectivity index (χ2n) is 5.61. The number of sulfonamides is 1. The zero-order chi connectivity index (χ0) is 17.3. The fourth-order valence-electron chi connectivity index (χ4n) is 2.26. The number of rotatable bonds is 6. The van der Waals surface area contributed by atoms with Crippen molar-refractivity contribution in [2.75, 3.05) is 11.9 Å². The number of anilines is 1. The van der Waals surface area contributed by atoms with Crippen LogP contribution in [0.25, 0.3) is 0 Å². The minimum atomic E-state index is -3.77. The number of halogens is 1. The van der Waals surface area contributed by atoms with Crippen molar-refractivity contribution in [2.24, 2.45) is 0 Å². The SMILES string of the molecule is Cc1cc(NC(=O)CN(C2CC2)S(=O)(=O)c2ccc(Cl)cc2)no1. The number of aryl methyl sites for hydroxylation is 1. The Balaban J connectivity index is 1.77. The molecule has 0 spiro atoms. The van der Waals surface area contributed by atoms with Gasteiger partial charge in [-0.1, -0.05) is 16.8 Å². The maximum Gasteiger partial charge on any atom is 0.243 e. The summed E-state index contributed by atoms with van der Waals surface area (Å²) in [4.78, 5) is 12.3. The lowest BCUT2D eigenvalue weighted by atomic mass is 10.4. The number of amides is 1. The quantitative estimate of drug-likeness (QED) is 0.844. The number of hydrogen-bond acceptors (Lipinski definition) is 5. The van der Waals surface area contributed by atoms with Gasteiger partial charge in [-0.05, 0) is 44.0 Å². The van der Waals surface area contributed by atoms with Crippen LogP contribution in [0, 0.1) is 6.92 Å². The Morgan fingerprint density at radius 1 is 1.38 bits per heavy atom. The average molecular weight is 370 g/mol. The molecule has 0 aliphatic heterocycles. The molecule has 1 aliphatic carbocycles. The van der Waals surface area contributed by atoms with Crippen LogP contribution in [0.15, 0.2) is 39.8 Å². The van der Waals surface area contributed by atoms with Gasteiger partial charge >= 0.3 is 0 Å². The normalized spacial score (nSPS) is 14.8. The van der Waals surface area contributed by atoms with Crippen molar-refractivity contribution >= 4 is 33.3 Å². The molecular formula is C15H16ClN3O4S. The Morgan fingerprint density at radius 3 is 2.58 bits per heavy atom. The summed E-state index contributed by atoms with van der Waals surface area (Å²) in [6.45, 7) is 1.42. The number of carbonyl (C=O) groups is 1. The van der Waals surface area contributed by atoms with Crippen LogP contribution in [0.2, 0.25) is 5.02 Å². The predicted molar refractivity (Wildman–Crippen MR) is 88.2 cm³/mol. The third-order valence-corrected chi connectivity index (χ3v) is 5.73. The third kappa shape index (κ3) is 3.77. The molecule has 0 saturated heterocycles. The fraction of sp³-hybridized carbons (Fsp3) is 0.333. The predicted octanol–water partition coefficient (Wildman–Crippen LogP) is 2.43. The van der Waals surface area contributed by atoms with E-state index in [4.69, 9.17) is 16.1 Å². The van der Waals surface area contributed by atoms with E-state index in [0.29, 0.717) is 10.8 Å². The summed E-state index contributed by atoms with van der Waals surface area (Å²) in [5.74, 6) is 0.350. The first-order chi connectivity index (χ1) is 11.4. The van der Waals surface area contributed by atoms with E-state index in [1.165, 1.54) is 28.6 Å². The van der Waals surface area contributed by atoms with Gasteiger partial charge in [0.2, 0.25) is 15.9 Å². The van der Waals surface area contributed by atoms with Crippen LogP contribution in [0.1, 0.15) is 18.6 Å². The van der Waals surface area contributed by atoms with Crippen molar-refractivity contribution in [1.29, 1.82) is 0 Å². The van der Waals surface area contributed by atoms with Crippen LogP contribution >= 0.6 is 11.6 Å². The van der Waals surface area contributed by atoms with Crippen molar-refractivity contribution < 1.29 is 17.7 Å². The van der Waals surface area contributed by atoms with Crippen LogP contribution in [0.4, 0.5) is 5.82 Å². The van der Waals surface area contributed by atoms with Gasteiger partial charge in [-0.15, -0.1) is 0 Å². The molecule has 9 heteroatoms. The van der Waals surface area contributed by atoms with E-state index in [2.05, 4.69) is 10.5 Å². The average Bonchev–Trinajstić information content (AvgIpc) is 3.28. The van der Waals surface area contributed by atoms with Gasteiger partial charge in [0.15, 0.2) is 5.82 Å². The monoisotopic (exact) mass is 369 g/mol. The first-order valence-electron chi connectivity index (χ1n) is 7.37. The van der Waals surface area contributed by atoms with Crippen molar-refractivity contribution in [1.82, 2.24) is 9.46 Å². The second-order valence-corrected chi connectivity index (χ2v) is 7.93. The number of carbonyl (C=O) groups excluding carboxylic acids is 1. The number of aromatic nitrogens is 1. The number of nitrogens with one attached hydrogen (secondary N) is 1. The molecule has 7 nitrogen and oxygen atoms in total. The molecule has 1 heterocycles. The number of hydrogen-bond donors (Lipinski definition) is 1. The van der Waals surface area contributed by atoms with Gasteiger partial charge in [-0.3, -0.25) is 4.79 Å². The summed E-state index contributed by atoms with van der Waals surface area (Å²) in [5, 5.41) is 6.65. The Hall–Kier alpha value is -1.90.